The minimum atomic E-state index is -0.383. The molecule has 2 N–H and O–H groups in total. The molecule has 3 aliphatic rings. The fourth-order valence-corrected chi connectivity index (χ4v) is 4.99. The molecule has 2 saturated carbocycles. The number of amides is 3. The van der Waals surface area contributed by atoms with Gasteiger partial charge in [-0.1, -0.05) is 18.6 Å². The summed E-state index contributed by atoms with van der Waals surface area (Å²) in [6.07, 6.45) is 5.16. The maximum absolute atomic E-state index is 12.3. The normalized spacial score (nSPS) is 27.4. The first kappa shape index (κ1) is 17.2. The number of hydrogen-bond donors (Lipinski definition) is 2. The van der Waals surface area contributed by atoms with Gasteiger partial charge in [0.2, 0.25) is 5.91 Å². The Morgan fingerprint density at radius 2 is 2.12 bits per heavy atom. The molecule has 6 heteroatoms. The van der Waals surface area contributed by atoms with Crippen molar-refractivity contribution < 1.29 is 14.3 Å². The Hall–Kier alpha value is -2.24. The molecule has 4 atom stereocenters. The smallest absolute Gasteiger partial charge is 0.321 e. The summed E-state index contributed by atoms with van der Waals surface area (Å²) < 4.78 is 5.60. The van der Waals surface area contributed by atoms with Crippen molar-refractivity contribution in [3.8, 4) is 5.75 Å². The zero-order chi connectivity index (χ0) is 18.1. The van der Waals surface area contributed by atoms with Crippen molar-refractivity contribution in [2.75, 3.05) is 24.6 Å². The van der Waals surface area contributed by atoms with E-state index in [1.165, 1.54) is 25.7 Å². The Morgan fingerprint density at radius 3 is 2.88 bits per heavy atom. The van der Waals surface area contributed by atoms with E-state index in [9.17, 15) is 9.59 Å². The molecule has 1 aliphatic heterocycles. The minimum absolute atomic E-state index is 0.113. The lowest BCUT2D eigenvalue weighted by Crippen LogP contribution is -2.50. The van der Waals surface area contributed by atoms with Crippen LogP contribution in [0.3, 0.4) is 0 Å². The molecule has 140 valence electrons. The van der Waals surface area contributed by atoms with Crippen LogP contribution in [0.1, 0.15) is 32.6 Å². The summed E-state index contributed by atoms with van der Waals surface area (Å²) >= 11 is 0. The van der Waals surface area contributed by atoms with Crippen LogP contribution in [0, 0.1) is 17.8 Å². The van der Waals surface area contributed by atoms with Crippen LogP contribution < -0.4 is 20.3 Å². The van der Waals surface area contributed by atoms with E-state index in [0.29, 0.717) is 19.1 Å². The van der Waals surface area contributed by atoms with Crippen LogP contribution in [0.15, 0.2) is 24.3 Å². The van der Waals surface area contributed by atoms with Crippen molar-refractivity contribution in [2.45, 2.75) is 38.6 Å². The van der Waals surface area contributed by atoms with Gasteiger partial charge in [0, 0.05) is 6.04 Å². The van der Waals surface area contributed by atoms with Crippen molar-refractivity contribution in [3.05, 3.63) is 24.3 Å². The zero-order valence-corrected chi connectivity index (χ0v) is 15.2. The van der Waals surface area contributed by atoms with E-state index in [0.717, 1.165) is 23.3 Å². The molecule has 0 aromatic heterocycles. The molecule has 1 aromatic rings. The minimum Gasteiger partial charge on any atom is -0.490 e. The quantitative estimate of drug-likeness (QED) is 0.869. The molecule has 0 saturated heterocycles. The highest BCUT2D eigenvalue weighted by molar-refractivity contribution is 5.96. The van der Waals surface area contributed by atoms with Crippen molar-refractivity contribution in [1.29, 1.82) is 0 Å². The summed E-state index contributed by atoms with van der Waals surface area (Å²) in [5.41, 5.74) is 0.893. The van der Waals surface area contributed by atoms with E-state index < -0.39 is 0 Å². The Kier molecular flexibility index (Phi) is 4.74. The lowest BCUT2D eigenvalue weighted by atomic mass is 9.84. The summed E-state index contributed by atoms with van der Waals surface area (Å²) in [5, 5.41) is 5.46. The first-order valence-electron chi connectivity index (χ1n) is 9.67. The number of urea groups is 1. The van der Waals surface area contributed by atoms with E-state index in [4.69, 9.17) is 4.74 Å². The second kappa shape index (κ2) is 7.17. The number of imide groups is 1. The van der Waals surface area contributed by atoms with Crippen molar-refractivity contribution in [2.24, 2.45) is 17.8 Å². The van der Waals surface area contributed by atoms with Gasteiger partial charge in [-0.3, -0.25) is 10.1 Å². The molecule has 3 amide bonds. The Balaban J connectivity index is 1.28. The number of fused-ring (bicyclic) bond motifs is 3. The number of ether oxygens (including phenoxy) is 1. The lowest BCUT2D eigenvalue weighted by molar-refractivity contribution is -0.118. The monoisotopic (exact) mass is 357 g/mol. The summed E-state index contributed by atoms with van der Waals surface area (Å²) in [4.78, 5) is 26.5. The van der Waals surface area contributed by atoms with Gasteiger partial charge in [-0.05, 0) is 56.1 Å². The van der Waals surface area contributed by atoms with Gasteiger partial charge in [-0.25, -0.2) is 4.79 Å². The van der Waals surface area contributed by atoms with Crippen molar-refractivity contribution >= 4 is 17.6 Å². The highest BCUT2D eigenvalue weighted by atomic mass is 16.5. The lowest BCUT2D eigenvalue weighted by Gasteiger charge is -2.31. The molecule has 2 bridgehead atoms. The number of carbonyl (C=O) groups is 2. The number of carbonyl (C=O) groups excluding carboxylic acids is 2. The van der Waals surface area contributed by atoms with Crippen LogP contribution in [-0.2, 0) is 4.79 Å². The van der Waals surface area contributed by atoms with Gasteiger partial charge < -0.3 is 15.0 Å². The molecule has 0 radical (unpaired) electrons. The third-order valence-electron chi connectivity index (χ3n) is 6.21. The number of benzene rings is 1. The van der Waals surface area contributed by atoms with E-state index in [1.807, 2.05) is 29.2 Å². The van der Waals surface area contributed by atoms with Gasteiger partial charge in [0.05, 0.1) is 18.8 Å². The Bertz CT molecular complexity index is 693. The van der Waals surface area contributed by atoms with Gasteiger partial charge >= 0.3 is 6.03 Å². The standard InChI is InChI=1S/C20H27N3O3/c1-13(16-11-14-6-7-15(16)10-14)21-20(25)22-19(24)12-23-8-9-26-18-5-3-2-4-17(18)23/h2-5,13-16H,6-12H2,1H3,(H2,21,22,24,25)/t13-,14+,15+,16+/m1/s1. The van der Waals surface area contributed by atoms with Crippen LogP contribution in [-0.4, -0.2) is 37.7 Å². The third kappa shape index (κ3) is 3.50. The number of hydrogen-bond acceptors (Lipinski definition) is 4. The van der Waals surface area contributed by atoms with Crippen LogP contribution in [0.25, 0.3) is 0 Å². The van der Waals surface area contributed by atoms with E-state index >= 15 is 0 Å². The summed E-state index contributed by atoms with van der Waals surface area (Å²) in [6.45, 7) is 3.38. The molecule has 2 fully saturated rings. The van der Waals surface area contributed by atoms with Gasteiger partial charge in [0.25, 0.3) is 0 Å². The Morgan fingerprint density at radius 1 is 1.27 bits per heavy atom. The zero-order valence-electron chi connectivity index (χ0n) is 15.2. The molecule has 26 heavy (non-hydrogen) atoms. The second-order valence-electron chi connectivity index (χ2n) is 7.89. The third-order valence-corrected chi connectivity index (χ3v) is 6.21. The fraction of sp³-hybridized carbons (Fsp3) is 0.600. The molecule has 1 aromatic carbocycles. The van der Waals surface area contributed by atoms with E-state index in [2.05, 4.69) is 17.6 Å². The predicted molar refractivity (Wildman–Crippen MR) is 99.2 cm³/mol. The first-order chi connectivity index (χ1) is 12.6. The van der Waals surface area contributed by atoms with Gasteiger partial charge in [-0.15, -0.1) is 0 Å². The average Bonchev–Trinajstić information content (AvgIpc) is 3.25. The molecular weight excluding hydrogens is 330 g/mol. The topological polar surface area (TPSA) is 70.7 Å². The predicted octanol–water partition coefficient (Wildman–Crippen LogP) is 2.54. The highest BCUT2D eigenvalue weighted by Crippen LogP contribution is 2.49. The van der Waals surface area contributed by atoms with Crippen molar-refractivity contribution in [3.63, 3.8) is 0 Å². The Labute approximate surface area is 154 Å². The van der Waals surface area contributed by atoms with Gasteiger partial charge in [-0.2, -0.15) is 0 Å². The number of nitrogens with zero attached hydrogens (tertiary/aromatic N) is 1. The number of anilines is 1. The van der Waals surface area contributed by atoms with Crippen LogP contribution in [0.2, 0.25) is 0 Å². The molecule has 1 heterocycles. The van der Waals surface area contributed by atoms with Gasteiger partial charge in [0.1, 0.15) is 12.4 Å². The van der Waals surface area contributed by atoms with Crippen molar-refractivity contribution in [1.82, 2.24) is 10.6 Å². The molecule has 0 unspecified atom stereocenters. The maximum Gasteiger partial charge on any atom is 0.321 e. The summed E-state index contributed by atoms with van der Waals surface area (Å²) in [5.74, 6) is 2.64. The summed E-state index contributed by atoms with van der Waals surface area (Å²) in [7, 11) is 0. The largest absolute Gasteiger partial charge is 0.490 e. The van der Waals surface area contributed by atoms with E-state index in [1.54, 1.807) is 0 Å². The first-order valence-corrected chi connectivity index (χ1v) is 9.67. The molecular formula is C20H27N3O3. The van der Waals surface area contributed by atoms with Crippen LogP contribution >= 0.6 is 0 Å². The van der Waals surface area contributed by atoms with Crippen LogP contribution in [0.5, 0.6) is 5.75 Å². The highest BCUT2D eigenvalue weighted by Gasteiger charge is 2.42. The fourth-order valence-electron chi connectivity index (χ4n) is 4.99. The van der Waals surface area contributed by atoms with E-state index in [-0.39, 0.29) is 24.5 Å². The molecule has 2 aliphatic carbocycles. The SMILES string of the molecule is C[C@@H](NC(=O)NC(=O)CN1CCOc2ccccc21)[C@@H]1C[C@H]2CC[C@H]1C2. The average molecular weight is 357 g/mol. The van der Waals surface area contributed by atoms with Gasteiger partial charge in [0.15, 0.2) is 0 Å². The molecule has 4 rings (SSSR count). The van der Waals surface area contributed by atoms with Crippen LogP contribution in [0.4, 0.5) is 10.5 Å². The molecule has 6 nitrogen and oxygen atoms in total. The summed E-state index contributed by atoms with van der Waals surface area (Å²) in [6, 6.07) is 7.38. The maximum atomic E-state index is 12.3. The number of nitrogens with one attached hydrogen (secondary N) is 2. The molecule has 0 spiro atoms. The second-order valence-corrected chi connectivity index (χ2v) is 7.89. The number of para-hydroxylation sites is 2. The number of rotatable bonds is 4.